The third-order valence-corrected chi connectivity index (χ3v) is 5.66. The summed E-state index contributed by atoms with van der Waals surface area (Å²) in [5.74, 6) is 0.971. The van der Waals surface area contributed by atoms with Crippen molar-refractivity contribution in [1.82, 2.24) is 19.8 Å². The minimum Gasteiger partial charge on any atom is -0.439 e. The van der Waals surface area contributed by atoms with Gasteiger partial charge in [-0.3, -0.25) is 4.90 Å². The van der Waals surface area contributed by atoms with Crippen molar-refractivity contribution in [3.8, 4) is 11.6 Å². The van der Waals surface area contributed by atoms with E-state index in [1.807, 2.05) is 11.9 Å². The number of carbonyl (C=O) groups is 1. The molecule has 1 aliphatic rings. The van der Waals surface area contributed by atoms with Crippen LogP contribution in [0.4, 0.5) is 35.2 Å². The quantitative estimate of drug-likeness (QED) is 0.463. The second kappa shape index (κ2) is 10.8. The Morgan fingerprint density at radius 1 is 1.00 bits per heavy atom. The smallest absolute Gasteiger partial charge is 0.416 e. The van der Waals surface area contributed by atoms with E-state index in [1.54, 1.807) is 24.3 Å². The standard InChI is InChI=1S/C24H26F3N7O2/c1-33-8-10-34(11-9-33)14-16-2-3-18(12-20(16)24(25,26)27)32-23(35)31-17-4-6-19(7-5-17)36-22-13-21(28)29-15-30-22/h2-7,12-13,15H,8-11,14H2,1H3,(H2,28,29,30)(H2,31,32,35). The molecular weight excluding hydrogens is 475 g/mol. The Kier molecular flexibility index (Phi) is 7.55. The first-order valence-corrected chi connectivity index (χ1v) is 11.2. The number of carbonyl (C=O) groups excluding carboxylic acids is 1. The monoisotopic (exact) mass is 501 g/mol. The fourth-order valence-electron chi connectivity index (χ4n) is 3.73. The van der Waals surface area contributed by atoms with Gasteiger partial charge in [0.15, 0.2) is 0 Å². The number of anilines is 3. The van der Waals surface area contributed by atoms with Crippen molar-refractivity contribution >= 4 is 23.2 Å². The van der Waals surface area contributed by atoms with Gasteiger partial charge in [-0.15, -0.1) is 0 Å². The number of urea groups is 1. The number of nitrogen functional groups attached to an aromatic ring is 1. The maximum absolute atomic E-state index is 13.8. The van der Waals surface area contributed by atoms with Crippen LogP contribution in [0.5, 0.6) is 11.6 Å². The largest absolute Gasteiger partial charge is 0.439 e. The SMILES string of the molecule is CN1CCN(Cc2ccc(NC(=O)Nc3ccc(Oc4cc(N)ncn4)cc3)cc2C(F)(F)F)CC1. The number of hydrogen-bond acceptors (Lipinski definition) is 7. The van der Waals surface area contributed by atoms with Gasteiger partial charge in [0, 0.05) is 50.2 Å². The molecular formula is C24H26F3N7O2. The highest BCUT2D eigenvalue weighted by Crippen LogP contribution is 2.34. The molecule has 1 aromatic heterocycles. The van der Waals surface area contributed by atoms with Crippen molar-refractivity contribution in [3.63, 3.8) is 0 Å². The number of benzene rings is 2. The molecule has 9 nitrogen and oxygen atoms in total. The zero-order chi connectivity index (χ0) is 25.7. The molecule has 0 aliphatic carbocycles. The molecule has 12 heteroatoms. The molecule has 0 radical (unpaired) electrons. The Bertz CT molecular complexity index is 1200. The van der Waals surface area contributed by atoms with Gasteiger partial charge >= 0.3 is 12.2 Å². The maximum atomic E-state index is 13.8. The minimum atomic E-state index is -4.54. The minimum absolute atomic E-state index is 0.0447. The van der Waals surface area contributed by atoms with Gasteiger partial charge in [-0.25, -0.2) is 14.8 Å². The van der Waals surface area contributed by atoms with Crippen molar-refractivity contribution < 1.29 is 22.7 Å². The first kappa shape index (κ1) is 25.2. The van der Waals surface area contributed by atoms with Gasteiger partial charge in [0.1, 0.15) is 17.9 Å². The fraction of sp³-hybridized carbons (Fsp3) is 0.292. The molecule has 0 bridgehead atoms. The van der Waals surface area contributed by atoms with Crippen LogP contribution in [0, 0.1) is 0 Å². The Morgan fingerprint density at radius 3 is 2.33 bits per heavy atom. The van der Waals surface area contributed by atoms with Gasteiger partial charge in [-0.2, -0.15) is 13.2 Å². The molecule has 4 N–H and O–H groups in total. The van der Waals surface area contributed by atoms with E-state index in [2.05, 4.69) is 25.5 Å². The van der Waals surface area contributed by atoms with Crippen LogP contribution < -0.4 is 21.1 Å². The Morgan fingerprint density at radius 2 is 1.67 bits per heavy atom. The van der Waals surface area contributed by atoms with E-state index >= 15 is 0 Å². The zero-order valence-corrected chi connectivity index (χ0v) is 19.5. The summed E-state index contributed by atoms with van der Waals surface area (Å²) in [6.45, 7) is 3.22. The van der Waals surface area contributed by atoms with E-state index in [9.17, 15) is 18.0 Å². The van der Waals surface area contributed by atoms with Gasteiger partial charge in [0.25, 0.3) is 0 Å². The second-order valence-corrected chi connectivity index (χ2v) is 8.44. The molecule has 4 rings (SSSR count). The summed E-state index contributed by atoms with van der Waals surface area (Å²) in [6, 6.07) is 11.0. The van der Waals surface area contributed by atoms with E-state index in [0.29, 0.717) is 24.5 Å². The summed E-state index contributed by atoms with van der Waals surface area (Å²) in [6.07, 6.45) is -3.27. The number of nitrogens with zero attached hydrogens (tertiary/aromatic N) is 4. The van der Waals surface area contributed by atoms with Gasteiger partial charge in [-0.05, 0) is 49.0 Å². The van der Waals surface area contributed by atoms with E-state index in [4.69, 9.17) is 10.5 Å². The number of nitrogens with one attached hydrogen (secondary N) is 2. The number of likely N-dealkylation sites (N-methyl/N-ethyl adjacent to an activating group) is 1. The van der Waals surface area contributed by atoms with Crippen LogP contribution in [0.2, 0.25) is 0 Å². The summed E-state index contributed by atoms with van der Waals surface area (Å²) in [5, 5.41) is 5.06. The lowest BCUT2D eigenvalue weighted by molar-refractivity contribution is -0.138. The topological polar surface area (TPSA) is 109 Å². The van der Waals surface area contributed by atoms with Crippen molar-refractivity contribution in [2.45, 2.75) is 12.7 Å². The fourth-order valence-corrected chi connectivity index (χ4v) is 3.73. The normalized spacial score (nSPS) is 14.9. The van der Waals surface area contributed by atoms with Crippen molar-refractivity contribution in [3.05, 3.63) is 66.0 Å². The van der Waals surface area contributed by atoms with E-state index in [-0.39, 0.29) is 29.5 Å². The molecule has 1 saturated heterocycles. The number of hydrogen-bond donors (Lipinski definition) is 3. The van der Waals surface area contributed by atoms with Crippen LogP contribution in [0.15, 0.2) is 54.9 Å². The van der Waals surface area contributed by atoms with Gasteiger partial charge in [0.05, 0.1) is 5.56 Å². The molecule has 2 amide bonds. The summed E-state index contributed by atoms with van der Waals surface area (Å²) in [5.41, 5.74) is 5.48. The molecule has 0 saturated carbocycles. The Labute approximate surface area is 206 Å². The van der Waals surface area contributed by atoms with Crippen LogP contribution in [0.3, 0.4) is 0 Å². The van der Waals surface area contributed by atoms with Gasteiger partial charge < -0.3 is 26.0 Å². The molecule has 1 aliphatic heterocycles. The van der Waals surface area contributed by atoms with E-state index in [1.165, 1.54) is 24.5 Å². The Hall–Kier alpha value is -3.90. The lowest BCUT2D eigenvalue weighted by Gasteiger charge is -2.33. The average Bonchev–Trinajstić information content (AvgIpc) is 2.82. The van der Waals surface area contributed by atoms with Crippen molar-refractivity contribution in [2.24, 2.45) is 0 Å². The van der Waals surface area contributed by atoms with Crippen molar-refractivity contribution in [1.29, 1.82) is 0 Å². The van der Waals surface area contributed by atoms with Crippen LogP contribution in [0.25, 0.3) is 0 Å². The average molecular weight is 502 g/mol. The molecule has 36 heavy (non-hydrogen) atoms. The van der Waals surface area contributed by atoms with Crippen LogP contribution in [-0.2, 0) is 12.7 Å². The van der Waals surface area contributed by atoms with E-state index in [0.717, 1.165) is 19.2 Å². The molecule has 1 fully saturated rings. The third-order valence-electron chi connectivity index (χ3n) is 5.66. The summed E-state index contributed by atoms with van der Waals surface area (Å²) in [4.78, 5) is 24.3. The van der Waals surface area contributed by atoms with Gasteiger partial charge in [-0.1, -0.05) is 6.07 Å². The summed E-state index contributed by atoms with van der Waals surface area (Å²) < 4.78 is 46.8. The number of ether oxygens (including phenoxy) is 1. The molecule has 2 aromatic carbocycles. The van der Waals surface area contributed by atoms with Crippen LogP contribution in [0.1, 0.15) is 11.1 Å². The number of aromatic nitrogens is 2. The third kappa shape index (κ3) is 6.83. The zero-order valence-electron chi connectivity index (χ0n) is 19.5. The number of alkyl halides is 3. The molecule has 0 unspecified atom stereocenters. The van der Waals surface area contributed by atoms with Crippen LogP contribution >= 0.6 is 0 Å². The molecule has 3 aromatic rings. The molecule has 0 atom stereocenters. The number of nitrogens with two attached hydrogens (primary N) is 1. The Balaban J connectivity index is 1.38. The maximum Gasteiger partial charge on any atom is 0.416 e. The van der Waals surface area contributed by atoms with E-state index < -0.39 is 17.8 Å². The number of halogens is 3. The predicted octanol–water partition coefficient (Wildman–Crippen LogP) is 4.26. The first-order valence-electron chi connectivity index (χ1n) is 11.2. The number of piperazine rings is 1. The lowest BCUT2D eigenvalue weighted by atomic mass is 10.0. The highest BCUT2D eigenvalue weighted by atomic mass is 19.4. The van der Waals surface area contributed by atoms with Gasteiger partial charge in [0.2, 0.25) is 5.88 Å². The van der Waals surface area contributed by atoms with Crippen molar-refractivity contribution in [2.75, 3.05) is 49.6 Å². The summed E-state index contributed by atoms with van der Waals surface area (Å²) >= 11 is 0. The first-order chi connectivity index (χ1) is 17.2. The number of rotatable bonds is 6. The molecule has 190 valence electrons. The number of amides is 2. The predicted molar refractivity (Wildman–Crippen MR) is 130 cm³/mol. The molecule has 2 heterocycles. The highest BCUT2D eigenvalue weighted by molar-refractivity contribution is 5.99. The van der Waals surface area contributed by atoms with Crippen LogP contribution in [-0.4, -0.2) is 59.0 Å². The molecule has 0 spiro atoms. The summed E-state index contributed by atoms with van der Waals surface area (Å²) in [7, 11) is 1.99. The highest BCUT2D eigenvalue weighted by Gasteiger charge is 2.34. The second-order valence-electron chi connectivity index (χ2n) is 8.44. The lowest BCUT2D eigenvalue weighted by Crippen LogP contribution is -2.44.